The van der Waals surface area contributed by atoms with Gasteiger partial charge in [-0.3, -0.25) is 14.3 Å². The normalized spacial score (nSPS) is 23.7. The summed E-state index contributed by atoms with van der Waals surface area (Å²) in [6.45, 7) is 2.50. The van der Waals surface area contributed by atoms with Crippen molar-refractivity contribution in [3.63, 3.8) is 0 Å². The van der Waals surface area contributed by atoms with E-state index in [9.17, 15) is 22.8 Å². The van der Waals surface area contributed by atoms with Crippen molar-refractivity contribution in [2.24, 2.45) is 11.3 Å². The second-order valence-corrected chi connectivity index (χ2v) is 9.87. The van der Waals surface area contributed by atoms with Gasteiger partial charge in [0.1, 0.15) is 0 Å². The highest BCUT2D eigenvalue weighted by Crippen LogP contribution is 2.58. The SMILES string of the molecule is CCn1nc(C(=O)N[C@H]2CC3(C2)C[C@H](C(=O)O)C3)c2c(Cc3ccc(C(F)(F)F)cc3)cccc21. The molecular formula is C26H26F3N3O3. The van der Waals surface area contributed by atoms with E-state index in [-0.39, 0.29) is 23.3 Å². The van der Waals surface area contributed by atoms with Crippen LogP contribution >= 0.6 is 0 Å². The zero-order valence-corrected chi connectivity index (χ0v) is 19.2. The Morgan fingerprint density at radius 2 is 1.80 bits per heavy atom. The Morgan fingerprint density at radius 1 is 1.11 bits per heavy atom. The number of hydrogen-bond acceptors (Lipinski definition) is 3. The van der Waals surface area contributed by atoms with Crippen LogP contribution in [0, 0.1) is 11.3 Å². The molecule has 9 heteroatoms. The number of carboxylic acids is 1. The van der Waals surface area contributed by atoms with E-state index in [1.807, 2.05) is 25.1 Å². The van der Waals surface area contributed by atoms with Crippen LogP contribution < -0.4 is 5.32 Å². The lowest BCUT2D eigenvalue weighted by atomic mass is 9.50. The first-order valence-electron chi connectivity index (χ1n) is 11.8. The lowest BCUT2D eigenvalue weighted by Gasteiger charge is -2.56. The van der Waals surface area contributed by atoms with Gasteiger partial charge in [0.2, 0.25) is 0 Å². The molecule has 0 atom stereocenters. The number of rotatable bonds is 6. The second-order valence-electron chi connectivity index (χ2n) is 9.87. The monoisotopic (exact) mass is 485 g/mol. The van der Waals surface area contributed by atoms with Crippen LogP contribution in [0.15, 0.2) is 42.5 Å². The zero-order chi connectivity index (χ0) is 25.0. The lowest BCUT2D eigenvalue weighted by molar-refractivity contribution is -0.155. The largest absolute Gasteiger partial charge is 0.481 e. The maximum atomic E-state index is 13.2. The number of benzene rings is 2. The molecule has 0 bridgehead atoms. The van der Waals surface area contributed by atoms with Crippen LogP contribution in [0.1, 0.15) is 59.8 Å². The number of hydrogen-bond donors (Lipinski definition) is 2. The van der Waals surface area contributed by atoms with Crippen molar-refractivity contribution in [1.82, 2.24) is 15.1 Å². The van der Waals surface area contributed by atoms with Crippen molar-refractivity contribution in [3.05, 3.63) is 64.8 Å². The first kappa shape index (κ1) is 23.4. The Hall–Kier alpha value is -3.36. The van der Waals surface area contributed by atoms with Crippen molar-refractivity contribution >= 4 is 22.8 Å². The van der Waals surface area contributed by atoms with Crippen LogP contribution in [0.3, 0.4) is 0 Å². The van der Waals surface area contributed by atoms with Gasteiger partial charge in [0.15, 0.2) is 5.69 Å². The predicted molar refractivity (Wildman–Crippen MR) is 123 cm³/mol. The molecule has 2 aromatic carbocycles. The molecule has 1 amide bonds. The average molecular weight is 486 g/mol. The minimum atomic E-state index is -4.39. The summed E-state index contributed by atoms with van der Waals surface area (Å²) >= 11 is 0. The molecule has 3 aromatic rings. The lowest BCUT2D eigenvalue weighted by Crippen LogP contribution is -2.57. The van der Waals surface area contributed by atoms with Gasteiger partial charge in [-0.2, -0.15) is 18.3 Å². The van der Waals surface area contributed by atoms with Gasteiger partial charge in [0, 0.05) is 18.0 Å². The van der Waals surface area contributed by atoms with Gasteiger partial charge < -0.3 is 10.4 Å². The number of amides is 1. The molecule has 2 aliphatic carbocycles. The number of carbonyl (C=O) groups excluding carboxylic acids is 1. The number of nitrogens with zero attached hydrogens (tertiary/aromatic N) is 2. The first-order chi connectivity index (χ1) is 16.6. The number of alkyl halides is 3. The fourth-order valence-corrected chi connectivity index (χ4v) is 5.71. The van der Waals surface area contributed by atoms with E-state index < -0.39 is 17.7 Å². The van der Waals surface area contributed by atoms with Crippen molar-refractivity contribution < 1.29 is 27.9 Å². The van der Waals surface area contributed by atoms with E-state index in [0.29, 0.717) is 42.5 Å². The summed E-state index contributed by atoms with van der Waals surface area (Å²) in [5.74, 6) is -1.31. The molecular weight excluding hydrogens is 459 g/mol. The van der Waals surface area contributed by atoms with Gasteiger partial charge >= 0.3 is 12.1 Å². The van der Waals surface area contributed by atoms with Crippen molar-refractivity contribution in [2.75, 3.05) is 0 Å². The third kappa shape index (κ3) is 4.28. The highest BCUT2D eigenvalue weighted by atomic mass is 19.4. The standard InChI is InChI=1S/C26H26F3N3O3/c1-2-32-20-5-3-4-16(10-15-6-8-18(9-7-15)26(27,28)29)21(20)22(31-32)23(33)30-19-13-25(14-19)11-17(12-25)24(34)35/h3-9,17,19H,2,10-14H2,1H3,(H,30,33)(H,34,35)/t17-,19-,25?. The zero-order valence-electron chi connectivity index (χ0n) is 19.2. The number of fused-ring (bicyclic) bond motifs is 1. The van der Waals surface area contributed by atoms with Gasteiger partial charge in [-0.25, -0.2) is 0 Å². The Labute approximate surface area is 200 Å². The van der Waals surface area contributed by atoms with Crippen molar-refractivity contribution in [3.8, 4) is 0 Å². The Bertz CT molecular complexity index is 1280. The number of carboxylic acid groups (broad SMARTS) is 1. The summed E-state index contributed by atoms with van der Waals surface area (Å²) in [4.78, 5) is 24.3. The highest BCUT2D eigenvalue weighted by molar-refractivity contribution is 6.06. The van der Waals surface area contributed by atoms with E-state index >= 15 is 0 Å². The molecule has 5 rings (SSSR count). The van der Waals surface area contributed by atoms with E-state index in [0.717, 1.165) is 36.1 Å². The Balaban J connectivity index is 1.36. The molecule has 1 aromatic heterocycles. The summed E-state index contributed by atoms with van der Waals surface area (Å²) in [5, 5.41) is 17.4. The van der Waals surface area contributed by atoms with Crippen LogP contribution in [0.2, 0.25) is 0 Å². The van der Waals surface area contributed by atoms with Gasteiger partial charge in [-0.1, -0.05) is 24.3 Å². The second kappa shape index (κ2) is 8.39. The van der Waals surface area contributed by atoms with E-state index in [4.69, 9.17) is 5.11 Å². The van der Waals surface area contributed by atoms with Gasteiger partial charge in [0.25, 0.3) is 5.91 Å². The Kier molecular flexibility index (Phi) is 5.61. The molecule has 2 aliphatic rings. The van der Waals surface area contributed by atoms with Gasteiger partial charge in [-0.15, -0.1) is 0 Å². The number of aliphatic carboxylic acids is 1. The smallest absolute Gasteiger partial charge is 0.416 e. The van der Waals surface area contributed by atoms with Crippen LogP contribution in [-0.2, 0) is 23.9 Å². The molecule has 35 heavy (non-hydrogen) atoms. The third-order valence-electron chi connectivity index (χ3n) is 7.46. The summed E-state index contributed by atoms with van der Waals surface area (Å²) < 4.78 is 40.5. The first-order valence-corrected chi connectivity index (χ1v) is 11.8. The molecule has 2 fully saturated rings. The van der Waals surface area contributed by atoms with Crippen molar-refractivity contribution in [1.29, 1.82) is 0 Å². The van der Waals surface area contributed by atoms with Crippen molar-refractivity contribution in [2.45, 2.75) is 57.8 Å². The summed E-state index contributed by atoms with van der Waals surface area (Å²) in [7, 11) is 0. The fourth-order valence-electron chi connectivity index (χ4n) is 5.71. The molecule has 6 nitrogen and oxygen atoms in total. The van der Waals surface area contributed by atoms with Gasteiger partial charge in [0.05, 0.1) is 17.0 Å². The quantitative estimate of drug-likeness (QED) is 0.513. The Morgan fingerprint density at radius 3 is 2.40 bits per heavy atom. The fraction of sp³-hybridized carbons (Fsp3) is 0.423. The van der Waals surface area contributed by atoms with E-state index in [1.165, 1.54) is 12.1 Å². The number of aryl methyl sites for hydroxylation is 1. The molecule has 1 heterocycles. The molecule has 2 saturated carbocycles. The topological polar surface area (TPSA) is 84.2 Å². The predicted octanol–water partition coefficient (Wildman–Crippen LogP) is 5.04. The van der Waals surface area contributed by atoms with E-state index in [1.54, 1.807) is 4.68 Å². The maximum absolute atomic E-state index is 13.2. The molecule has 0 unspecified atom stereocenters. The van der Waals surface area contributed by atoms with Crippen LogP contribution in [0.4, 0.5) is 13.2 Å². The maximum Gasteiger partial charge on any atom is 0.416 e. The minimum Gasteiger partial charge on any atom is -0.481 e. The van der Waals surface area contributed by atoms with E-state index in [2.05, 4.69) is 10.4 Å². The van der Waals surface area contributed by atoms with Gasteiger partial charge in [-0.05, 0) is 73.8 Å². The average Bonchev–Trinajstić information content (AvgIpc) is 3.14. The number of carbonyl (C=O) groups is 2. The molecule has 0 saturated heterocycles. The third-order valence-corrected chi connectivity index (χ3v) is 7.46. The summed E-state index contributed by atoms with van der Waals surface area (Å²) in [6, 6.07) is 10.7. The van der Waals surface area contributed by atoms with Crippen LogP contribution in [0.5, 0.6) is 0 Å². The molecule has 0 aliphatic heterocycles. The number of nitrogens with one attached hydrogen (secondary N) is 1. The number of halogens is 3. The van der Waals surface area contributed by atoms with Crippen LogP contribution in [-0.4, -0.2) is 32.8 Å². The minimum absolute atomic E-state index is 0.0128. The van der Waals surface area contributed by atoms with Crippen LogP contribution in [0.25, 0.3) is 10.9 Å². The summed E-state index contributed by atoms with van der Waals surface area (Å²) in [5.41, 5.74) is 1.98. The summed E-state index contributed by atoms with van der Waals surface area (Å²) in [6.07, 6.45) is -1.14. The molecule has 2 N–H and O–H groups in total. The highest BCUT2D eigenvalue weighted by Gasteiger charge is 2.55. The molecule has 1 spiro atoms. The number of aromatic nitrogens is 2. The molecule has 0 radical (unpaired) electrons. The molecule has 184 valence electrons.